The number of nitrogens with one attached hydrogen (secondary N) is 3. The largest absolute Gasteiger partial charge is 0.341 e. The van der Waals surface area contributed by atoms with E-state index in [1.165, 1.54) is 6.20 Å². The van der Waals surface area contributed by atoms with Gasteiger partial charge in [0.15, 0.2) is 0 Å². The molecule has 0 bridgehead atoms. The van der Waals surface area contributed by atoms with Crippen LogP contribution in [-0.2, 0) is 0 Å². The Bertz CT molecular complexity index is 872. The quantitative estimate of drug-likeness (QED) is 0.685. The molecular formula is C18H17N5O2. The third kappa shape index (κ3) is 4.03. The Morgan fingerprint density at radius 2 is 1.56 bits per heavy atom. The van der Waals surface area contributed by atoms with Gasteiger partial charge in [0.25, 0.3) is 5.91 Å². The SMILES string of the molecule is CNC(=O)Nc1ccc(NC(=O)c2cnn(-c3ccccc3)c2)cc1. The van der Waals surface area contributed by atoms with E-state index < -0.39 is 0 Å². The average molecular weight is 335 g/mol. The second-order valence-electron chi connectivity index (χ2n) is 5.24. The van der Waals surface area contributed by atoms with Gasteiger partial charge in [0.05, 0.1) is 17.4 Å². The highest BCUT2D eigenvalue weighted by Gasteiger charge is 2.10. The molecular weight excluding hydrogens is 318 g/mol. The van der Waals surface area contributed by atoms with Crippen molar-refractivity contribution in [2.75, 3.05) is 17.7 Å². The molecule has 1 heterocycles. The number of amides is 3. The van der Waals surface area contributed by atoms with Crippen molar-refractivity contribution in [3.63, 3.8) is 0 Å². The van der Waals surface area contributed by atoms with Gasteiger partial charge in [0.1, 0.15) is 0 Å². The molecule has 0 aliphatic rings. The molecule has 3 amide bonds. The van der Waals surface area contributed by atoms with E-state index in [0.717, 1.165) is 5.69 Å². The first-order valence-corrected chi connectivity index (χ1v) is 7.66. The summed E-state index contributed by atoms with van der Waals surface area (Å²) in [7, 11) is 1.54. The van der Waals surface area contributed by atoms with E-state index in [-0.39, 0.29) is 11.9 Å². The van der Waals surface area contributed by atoms with Crippen molar-refractivity contribution in [3.8, 4) is 5.69 Å². The summed E-state index contributed by atoms with van der Waals surface area (Å²) in [6.45, 7) is 0. The number of urea groups is 1. The highest BCUT2D eigenvalue weighted by atomic mass is 16.2. The summed E-state index contributed by atoms with van der Waals surface area (Å²) in [6, 6.07) is 16.1. The predicted octanol–water partition coefficient (Wildman–Crippen LogP) is 2.88. The number of aromatic nitrogens is 2. The normalized spacial score (nSPS) is 10.1. The maximum atomic E-state index is 12.3. The van der Waals surface area contributed by atoms with E-state index in [2.05, 4.69) is 21.0 Å². The van der Waals surface area contributed by atoms with Gasteiger partial charge in [-0.05, 0) is 36.4 Å². The highest BCUT2D eigenvalue weighted by molar-refractivity contribution is 6.04. The molecule has 0 radical (unpaired) electrons. The van der Waals surface area contributed by atoms with Crippen LogP contribution in [0, 0.1) is 0 Å². The van der Waals surface area contributed by atoms with Crippen molar-refractivity contribution in [1.29, 1.82) is 0 Å². The van der Waals surface area contributed by atoms with Crippen molar-refractivity contribution >= 4 is 23.3 Å². The lowest BCUT2D eigenvalue weighted by atomic mass is 10.2. The number of benzene rings is 2. The minimum Gasteiger partial charge on any atom is -0.341 e. The number of para-hydroxylation sites is 1. The van der Waals surface area contributed by atoms with E-state index in [1.807, 2.05) is 30.3 Å². The molecule has 0 saturated carbocycles. The third-order valence-electron chi connectivity index (χ3n) is 3.49. The maximum Gasteiger partial charge on any atom is 0.318 e. The Morgan fingerprint density at radius 1 is 0.920 bits per heavy atom. The summed E-state index contributed by atoms with van der Waals surface area (Å²) in [5, 5.41) is 12.1. The molecule has 7 nitrogen and oxygen atoms in total. The molecule has 0 aliphatic heterocycles. The van der Waals surface area contributed by atoms with Crippen LogP contribution in [0.25, 0.3) is 5.69 Å². The van der Waals surface area contributed by atoms with Gasteiger partial charge in [0, 0.05) is 24.6 Å². The van der Waals surface area contributed by atoms with Crippen LogP contribution in [0.15, 0.2) is 67.0 Å². The Morgan fingerprint density at radius 3 is 2.20 bits per heavy atom. The lowest BCUT2D eigenvalue weighted by molar-refractivity contribution is 0.102. The fourth-order valence-corrected chi connectivity index (χ4v) is 2.20. The molecule has 0 atom stereocenters. The Balaban J connectivity index is 1.66. The lowest BCUT2D eigenvalue weighted by Crippen LogP contribution is -2.24. The summed E-state index contributed by atoms with van der Waals surface area (Å²) in [5.41, 5.74) is 2.59. The smallest absolute Gasteiger partial charge is 0.318 e. The van der Waals surface area contributed by atoms with Crippen molar-refractivity contribution in [2.45, 2.75) is 0 Å². The first-order valence-electron chi connectivity index (χ1n) is 7.66. The van der Waals surface area contributed by atoms with Crippen LogP contribution < -0.4 is 16.0 Å². The fourth-order valence-electron chi connectivity index (χ4n) is 2.20. The molecule has 126 valence electrons. The molecule has 7 heteroatoms. The van der Waals surface area contributed by atoms with Gasteiger partial charge in [-0.25, -0.2) is 9.48 Å². The number of carbonyl (C=O) groups is 2. The zero-order valence-corrected chi connectivity index (χ0v) is 13.6. The highest BCUT2D eigenvalue weighted by Crippen LogP contribution is 2.15. The van der Waals surface area contributed by atoms with Gasteiger partial charge in [-0.1, -0.05) is 18.2 Å². The summed E-state index contributed by atoms with van der Waals surface area (Å²) < 4.78 is 1.64. The van der Waals surface area contributed by atoms with Crippen molar-refractivity contribution < 1.29 is 9.59 Å². The van der Waals surface area contributed by atoms with Crippen LogP contribution in [0.1, 0.15) is 10.4 Å². The number of rotatable bonds is 4. The summed E-state index contributed by atoms with van der Waals surface area (Å²) in [4.78, 5) is 23.6. The lowest BCUT2D eigenvalue weighted by Gasteiger charge is -2.07. The van der Waals surface area contributed by atoms with Crippen molar-refractivity contribution in [1.82, 2.24) is 15.1 Å². The van der Waals surface area contributed by atoms with Crippen LogP contribution in [0.2, 0.25) is 0 Å². The topological polar surface area (TPSA) is 88.1 Å². The monoisotopic (exact) mass is 335 g/mol. The van der Waals surface area contributed by atoms with Crippen LogP contribution in [-0.4, -0.2) is 28.8 Å². The van der Waals surface area contributed by atoms with Gasteiger partial charge >= 0.3 is 6.03 Å². The van der Waals surface area contributed by atoms with Crippen molar-refractivity contribution in [2.24, 2.45) is 0 Å². The standard InChI is InChI=1S/C18H17N5O2/c1-19-18(25)22-15-9-7-14(8-10-15)21-17(24)13-11-20-23(12-13)16-5-3-2-4-6-16/h2-12H,1H3,(H,21,24)(H2,19,22,25). The first kappa shape index (κ1) is 16.3. The minimum absolute atomic E-state index is 0.255. The minimum atomic E-state index is -0.301. The Labute approximate surface area is 144 Å². The zero-order chi connectivity index (χ0) is 17.6. The summed E-state index contributed by atoms with van der Waals surface area (Å²) >= 11 is 0. The van der Waals surface area contributed by atoms with Gasteiger partial charge in [0.2, 0.25) is 0 Å². The van der Waals surface area contributed by atoms with Crippen LogP contribution in [0.4, 0.5) is 16.2 Å². The molecule has 1 aromatic heterocycles. The molecule has 0 fully saturated rings. The van der Waals surface area contributed by atoms with E-state index >= 15 is 0 Å². The van der Waals surface area contributed by atoms with Gasteiger partial charge in [-0.2, -0.15) is 5.10 Å². The molecule has 25 heavy (non-hydrogen) atoms. The second-order valence-corrected chi connectivity index (χ2v) is 5.24. The molecule has 0 saturated heterocycles. The van der Waals surface area contributed by atoms with E-state index in [1.54, 1.807) is 42.2 Å². The van der Waals surface area contributed by atoms with Crippen LogP contribution in [0.5, 0.6) is 0 Å². The van der Waals surface area contributed by atoms with Crippen molar-refractivity contribution in [3.05, 3.63) is 72.6 Å². The average Bonchev–Trinajstić information content (AvgIpc) is 3.14. The van der Waals surface area contributed by atoms with Gasteiger partial charge < -0.3 is 16.0 Å². The molecule has 0 unspecified atom stereocenters. The maximum absolute atomic E-state index is 12.3. The molecule has 3 N–H and O–H groups in total. The number of carbonyl (C=O) groups excluding carboxylic acids is 2. The molecule has 0 spiro atoms. The first-order chi connectivity index (χ1) is 12.2. The van der Waals surface area contributed by atoms with Crippen LogP contribution in [0.3, 0.4) is 0 Å². The summed E-state index contributed by atoms with van der Waals surface area (Å²) in [6.07, 6.45) is 3.19. The Kier molecular flexibility index (Phi) is 4.75. The van der Waals surface area contributed by atoms with Gasteiger partial charge in [-0.3, -0.25) is 4.79 Å². The Hall–Kier alpha value is -3.61. The number of nitrogens with zero attached hydrogens (tertiary/aromatic N) is 2. The third-order valence-corrected chi connectivity index (χ3v) is 3.49. The molecule has 3 aromatic rings. The van der Waals surface area contributed by atoms with E-state index in [4.69, 9.17) is 0 Å². The molecule has 2 aromatic carbocycles. The second kappa shape index (κ2) is 7.31. The predicted molar refractivity (Wildman–Crippen MR) is 96.0 cm³/mol. The number of hydrogen-bond acceptors (Lipinski definition) is 3. The number of hydrogen-bond donors (Lipinski definition) is 3. The number of anilines is 2. The fraction of sp³-hybridized carbons (Fsp3) is 0.0556. The zero-order valence-electron chi connectivity index (χ0n) is 13.6. The molecule has 0 aliphatic carbocycles. The summed E-state index contributed by atoms with van der Waals surface area (Å²) in [5.74, 6) is -0.255. The van der Waals surface area contributed by atoms with Gasteiger partial charge in [-0.15, -0.1) is 0 Å². The van der Waals surface area contributed by atoms with Crippen LogP contribution >= 0.6 is 0 Å². The van der Waals surface area contributed by atoms with E-state index in [9.17, 15) is 9.59 Å². The molecule has 3 rings (SSSR count). The van der Waals surface area contributed by atoms with E-state index in [0.29, 0.717) is 16.9 Å².